The van der Waals surface area contributed by atoms with Gasteiger partial charge in [-0.2, -0.15) is 0 Å². The van der Waals surface area contributed by atoms with E-state index in [0.29, 0.717) is 12.1 Å². The van der Waals surface area contributed by atoms with Crippen LogP contribution in [0.25, 0.3) is 0 Å². The topological polar surface area (TPSA) is 33.7 Å². The summed E-state index contributed by atoms with van der Waals surface area (Å²) in [6.45, 7) is 9.90. The molecule has 0 radical (unpaired) electrons. The molecule has 1 unspecified atom stereocenters. The van der Waals surface area contributed by atoms with Crippen LogP contribution in [-0.2, 0) is 9.47 Å². The molecule has 1 saturated carbocycles. The van der Waals surface area contributed by atoms with E-state index in [1.54, 1.807) is 0 Å². The lowest BCUT2D eigenvalue weighted by molar-refractivity contribution is -0.179. The Morgan fingerprint density at radius 2 is 1.85 bits per heavy atom. The maximum absolute atomic E-state index is 5.79. The van der Waals surface area contributed by atoms with Crippen LogP contribution in [0.5, 0.6) is 0 Å². The number of hydrogen-bond acceptors (Lipinski definition) is 4. The number of hydrogen-bond donors (Lipinski definition) is 1. The second kappa shape index (κ2) is 6.30. The van der Waals surface area contributed by atoms with Gasteiger partial charge in [-0.1, -0.05) is 0 Å². The van der Waals surface area contributed by atoms with Crippen molar-refractivity contribution < 1.29 is 9.47 Å². The molecule has 3 fully saturated rings. The van der Waals surface area contributed by atoms with Crippen LogP contribution in [0.2, 0.25) is 0 Å². The molecule has 1 N–H and O–H groups in total. The summed E-state index contributed by atoms with van der Waals surface area (Å²) in [6.07, 6.45) is 5.87. The van der Waals surface area contributed by atoms with Gasteiger partial charge in [0.1, 0.15) is 0 Å². The highest BCUT2D eigenvalue weighted by molar-refractivity contribution is 4.87. The summed E-state index contributed by atoms with van der Waals surface area (Å²) in [4.78, 5) is 2.60. The Labute approximate surface area is 123 Å². The lowest BCUT2D eigenvalue weighted by Crippen LogP contribution is -2.43. The number of likely N-dealkylation sites (tertiary alicyclic amines) is 1. The summed E-state index contributed by atoms with van der Waals surface area (Å²) in [5.74, 6) is 0.632. The first-order valence-corrected chi connectivity index (χ1v) is 8.42. The van der Waals surface area contributed by atoms with E-state index in [1.165, 1.54) is 38.9 Å². The van der Waals surface area contributed by atoms with Crippen LogP contribution >= 0.6 is 0 Å². The Morgan fingerprint density at radius 1 is 1.15 bits per heavy atom. The van der Waals surface area contributed by atoms with Crippen LogP contribution in [0, 0.1) is 5.92 Å². The number of nitrogens with zero attached hydrogens (tertiary/aromatic N) is 1. The maximum Gasteiger partial charge on any atom is 0.168 e. The van der Waals surface area contributed by atoms with Crippen molar-refractivity contribution in [1.82, 2.24) is 10.2 Å². The molecule has 1 atom stereocenters. The van der Waals surface area contributed by atoms with E-state index in [9.17, 15) is 0 Å². The van der Waals surface area contributed by atoms with Crippen LogP contribution in [-0.4, -0.2) is 55.6 Å². The van der Waals surface area contributed by atoms with Gasteiger partial charge in [0.15, 0.2) is 5.79 Å². The van der Waals surface area contributed by atoms with Gasteiger partial charge in [-0.25, -0.2) is 0 Å². The quantitative estimate of drug-likeness (QED) is 0.855. The van der Waals surface area contributed by atoms with Crippen molar-refractivity contribution in [2.75, 3.05) is 32.8 Å². The maximum atomic E-state index is 5.79. The Kier molecular flexibility index (Phi) is 4.65. The third-order valence-electron chi connectivity index (χ3n) is 5.30. The molecular weight excluding hydrogens is 252 g/mol. The fourth-order valence-electron chi connectivity index (χ4n) is 3.88. The van der Waals surface area contributed by atoms with E-state index >= 15 is 0 Å². The molecule has 116 valence electrons. The smallest absolute Gasteiger partial charge is 0.168 e. The zero-order valence-electron chi connectivity index (χ0n) is 13.1. The molecule has 0 aromatic carbocycles. The van der Waals surface area contributed by atoms with E-state index < -0.39 is 0 Å². The lowest BCUT2D eigenvalue weighted by atomic mass is 9.89. The molecule has 0 bridgehead atoms. The highest BCUT2D eigenvalue weighted by Gasteiger charge is 2.40. The molecule has 1 spiro atoms. The SMILES string of the molecule is CC(C)N1CCC(CNC2CCC3(CC2)OCCO3)C1. The summed E-state index contributed by atoms with van der Waals surface area (Å²) in [5.41, 5.74) is 0. The molecular formula is C16H30N2O2. The molecule has 3 aliphatic rings. The molecule has 0 aromatic heterocycles. The number of nitrogens with one attached hydrogen (secondary N) is 1. The second-order valence-corrected chi connectivity index (χ2v) is 7.03. The molecule has 0 aromatic rings. The number of ether oxygens (including phenoxy) is 2. The Morgan fingerprint density at radius 3 is 2.45 bits per heavy atom. The standard InChI is InChI=1S/C16H30N2O2/c1-13(2)18-8-5-14(12-18)11-17-15-3-6-16(7-4-15)19-9-10-20-16/h13-15,17H,3-12H2,1-2H3. The van der Waals surface area contributed by atoms with Crippen LogP contribution in [0.3, 0.4) is 0 Å². The molecule has 2 saturated heterocycles. The van der Waals surface area contributed by atoms with Gasteiger partial charge in [0.2, 0.25) is 0 Å². The molecule has 20 heavy (non-hydrogen) atoms. The average molecular weight is 282 g/mol. The largest absolute Gasteiger partial charge is 0.348 e. The lowest BCUT2D eigenvalue weighted by Gasteiger charge is -2.36. The summed E-state index contributed by atoms with van der Waals surface area (Å²) < 4.78 is 11.6. The van der Waals surface area contributed by atoms with Gasteiger partial charge in [0, 0.05) is 31.5 Å². The van der Waals surface area contributed by atoms with Crippen molar-refractivity contribution in [2.24, 2.45) is 5.92 Å². The fraction of sp³-hybridized carbons (Fsp3) is 1.00. The highest BCUT2D eigenvalue weighted by Crippen LogP contribution is 2.35. The zero-order valence-corrected chi connectivity index (χ0v) is 13.1. The van der Waals surface area contributed by atoms with Crippen LogP contribution in [0.4, 0.5) is 0 Å². The minimum absolute atomic E-state index is 0.208. The first-order chi connectivity index (χ1) is 9.67. The molecule has 2 heterocycles. The van der Waals surface area contributed by atoms with Crippen molar-refractivity contribution in [3.63, 3.8) is 0 Å². The van der Waals surface area contributed by atoms with Crippen LogP contribution < -0.4 is 5.32 Å². The van der Waals surface area contributed by atoms with E-state index in [4.69, 9.17) is 9.47 Å². The van der Waals surface area contributed by atoms with Gasteiger partial charge in [-0.15, -0.1) is 0 Å². The predicted octanol–water partition coefficient (Wildman–Crippen LogP) is 1.99. The molecule has 2 aliphatic heterocycles. The molecule has 1 aliphatic carbocycles. The molecule has 4 nitrogen and oxygen atoms in total. The zero-order chi connectivity index (χ0) is 14.0. The van der Waals surface area contributed by atoms with Gasteiger partial charge in [0.25, 0.3) is 0 Å². The van der Waals surface area contributed by atoms with Crippen LogP contribution in [0.15, 0.2) is 0 Å². The van der Waals surface area contributed by atoms with Gasteiger partial charge >= 0.3 is 0 Å². The van der Waals surface area contributed by atoms with E-state index in [2.05, 4.69) is 24.1 Å². The van der Waals surface area contributed by atoms with Crippen molar-refractivity contribution in [2.45, 2.75) is 63.8 Å². The normalized spacial score (nSPS) is 31.6. The summed E-state index contributed by atoms with van der Waals surface area (Å²) in [6, 6.07) is 1.37. The van der Waals surface area contributed by atoms with Crippen molar-refractivity contribution in [3.05, 3.63) is 0 Å². The number of rotatable bonds is 4. The van der Waals surface area contributed by atoms with E-state index in [-0.39, 0.29) is 5.79 Å². The summed E-state index contributed by atoms with van der Waals surface area (Å²) in [7, 11) is 0. The van der Waals surface area contributed by atoms with E-state index in [1.807, 2.05) is 0 Å². The average Bonchev–Trinajstić information content (AvgIpc) is 3.08. The third-order valence-corrected chi connectivity index (χ3v) is 5.30. The van der Waals surface area contributed by atoms with Gasteiger partial charge < -0.3 is 19.7 Å². The molecule has 0 amide bonds. The highest BCUT2D eigenvalue weighted by atomic mass is 16.7. The summed E-state index contributed by atoms with van der Waals surface area (Å²) >= 11 is 0. The first-order valence-electron chi connectivity index (χ1n) is 8.42. The fourth-order valence-corrected chi connectivity index (χ4v) is 3.88. The van der Waals surface area contributed by atoms with Crippen molar-refractivity contribution >= 4 is 0 Å². The van der Waals surface area contributed by atoms with Gasteiger partial charge in [0.05, 0.1) is 13.2 Å². The van der Waals surface area contributed by atoms with Crippen LogP contribution in [0.1, 0.15) is 46.0 Å². The second-order valence-electron chi connectivity index (χ2n) is 7.03. The Balaban J connectivity index is 1.36. The molecule has 4 heteroatoms. The first kappa shape index (κ1) is 14.8. The van der Waals surface area contributed by atoms with Crippen molar-refractivity contribution in [3.8, 4) is 0 Å². The van der Waals surface area contributed by atoms with Crippen molar-refractivity contribution in [1.29, 1.82) is 0 Å². The minimum Gasteiger partial charge on any atom is -0.348 e. The van der Waals surface area contributed by atoms with Gasteiger partial charge in [-0.3, -0.25) is 0 Å². The summed E-state index contributed by atoms with van der Waals surface area (Å²) in [5, 5.41) is 3.79. The molecule has 3 rings (SSSR count). The van der Waals surface area contributed by atoms with Gasteiger partial charge in [-0.05, 0) is 52.1 Å². The van der Waals surface area contributed by atoms with E-state index in [0.717, 1.165) is 32.0 Å². The third kappa shape index (κ3) is 3.35. The predicted molar refractivity (Wildman–Crippen MR) is 79.7 cm³/mol. The monoisotopic (exact) mass is 282 g/mol. The Hall–Kier alpha value is -0.160. The minimum atomic E-state index is -0.208. The Bertz CT molecular complexity index is 306.